The predicted octanol–water partition coefficient (Wildman–Crippen LogP) is 4.61. The van der Waals surface area contributed by atoms with Gasteiger partial charge in [-0.05, 0) is 48.1 Å². The average Bonchev–Trinajstić information content (AvgIpc) is 2.43. The molecule has 19 heavy (non-hydrogen) atoms. The highest BCUT2D eigenvalue weighted by atomic mass is 35.5. The van der Waals surface area contributed by atoms with E-state index in [1.165, 1.54) is 11.1 Å². The fourth-order valence-corrected chi connectivity index (χ4v) is 3.12. The Morgan fingerprint density at radius 1 is 1.05 bits per heavy atom. The molecule has 2 aromatic carbocycles. The minimum atomic E-state index is -0.319. The molecule has 0 aliphatic heterocycles. The van der Waals surface area contributed by atoms with Crippen LogP contribution in [0.5, 0.6) is 0 Å². The van der Waals surface area contributed by atoms with E-state index < -0.39 is 0 Å². The Kier molecular flexibility index (Phi) is 3.34. The Balaban J connectivity index is 2.07. The van der Waals surface area contributed by atoms with Gasteiger partial charge in [-0.1, -0.05) is 48.0 Å². The summed E-state index contributed by atoms with van der Waals surface area (Å²) in [6, 6.07) is 14.5. The van der Waals surface area contributed by atoms with E-state index in [1.54, 1.807) is 0 Å². The summed E-state index contributed by atoms with van der Waals surface area (Å²) < 4.78 is 0. The lowest BCUT2D eigenvalue weighted by Crippen LogP contribution is -2.15. The van der Waals surface area contributed by atoms with E-state index in [0.717, 1.165) is 29.0 Å². The van der Waals surface area contributed by atoms with Crippen LogP contribution in [0.3, 0.4) is 0 Å². The van der Waals surface area contributed by atoms with Gasteiger partial charge in [-0.25, -0.2) is 0 Å². The second kappa shape index (κ2) is 4.99. The lowest BCUT2D eigenvalue weighted by molar-refractivity contribution is 0.153. The zero-order valence-corrected chi connectivity index (χ0v) is 11.7. The number of aryl methyl sites for hydroxylation is 1. The summed E-state index contributed by atoms with van der Waals surface area (Å²) >= 11 is 6.10. The Morgan fingerprint density at radius 3 is 2.53 bits per heavy atom. The van der Waals surface area contributed by atoms with Crippen LogP contribution in [0.4, 0.5) is 0 Å². The molecule has 98 valence electrons. The third-order valence-corrected chi connectivity index (χ3v) is 4.47. The van der Waals surface area contributed by atoms with Crippen molar-refractivity contribution in [3.63, 3.8) is 0 Å². The molecule has 0 heterocycles. The lowest BCUT2D eigenvalue weighted by Gasteiger charge is -2.29. The van der Waals surface area contributed by atoms with Gasteiger partial charge in [0.15, 0.2) is 0 Å². The van der Waals surface area contributed by atoms with Gasteiger partial charge in [0, 0.05) is 10.9 Å². The summed E-state index contributed by atoms with van der Waals surface area (Å²) in [5, 5.41) is 10.9. The SMILES string of the molecule is Cc1cc([C@H]2CC[C@@H](O)c3ccccc32)ccc1Cl. The van der Waals surface area contributed by atoms with Gasteiger partial charge >= 0.3 is 0 Å². The number of halogens is 1. The maximum atomic E-state index is 10.1. The Labute approximate surface area is 118 Å². The minimum absolute atomic E-state index is 0.319. The molecule has 0 radical (unpaired) electrons. The fourth-order valence-electron chi connectivity index (χ4n) is 3.00. The van der Waals surface area contributed by atoms with Crippen molar-refractivity contribution in [3.05, 3.63) is 69.7 Å². The van der Waals surface area contributed by atoms with Crippen LogP contribution in [-0.2, 0) is 0 Å². The van der Waals surface area contributed by atoms with Crippen molar-refractivity contribution in [2.45, 2.75) is 31.8 Å². The van der Waals surface area contributed by atoms with Crippen molar-refractivity contribution in [1.29, 1.82) is 0 Å². The first-order chi connectivity index (χ1) is 9.16. The summed E-state index contributed by atoms with van der Waals surface area (Å²) in [5.74, 6) is 0.371. The molecule has 0 amide bonds. The van der Waals surface area contributed by atoms with Gasteiger partial charge in [0.25, 0.3) is 0 Å². The zero-order valence-electron chi connectivity index (χ0n) is 10.9. The Bertz CT molecular complexity index is 606. The quantitative estimate of drug-likeness (QED) is 0.804. The van der Waals surface area contributed by atoms with Gasteiger partial charge in [-0.3, -0.25) is 0 Å². The highest BCUT2D eigenvalue weighted by Crippen LogP contribution is 2.41. The van der Waals surface area contributed by atoms with Crippen molar-refractivity contribution in [2.75, 3.05) is 0 Å². The van der Waals surface area contributed by atoms with E-state index in [9.17, 15) is 5.11 Å². The summed E-state index contributed by atoms with van der Waals surface area (Å²) in [4.78, 5) is 0. The van der Waals surface area contributed by atoms with Crippen LogP contribution in [0.15, 0.2) is 42.5 Å². The standard InChI is InChI=1S/C17H17ClO/c1-11-10-12(6-8-16(11)18)13-7-9-17(19)15-5-3-2-4-14(13)15/h2-6,8,10,13,17,19H,7,9H2,1H3/t13-,17-/m1/s1. The van der Waals surface area contributed by atoms with E-state index in [0.29, 0.717) is 5.92 Å². The molecule has 0 saturated carbocycles. The van der Waals surface area contributed by atoms with Crippen LogP contribution in [-0.4, -0.2) is 5.11 Å². The van der Waals surface area contributed by atoms with Crippen LogP contribution in [0.2, 0.25) is 5.02 Å². The molecule has 0 unspecified atom stereocenters. The molecule has 1 aliphatic rings. The van der Waals surface area contributed by atoms with E-state index in [-0.39, 0.29) is 6.10 Å². The topological polar surface area (TPSA) is 20.2 Å². The number of aliphatic hydroxyl groups excluding tert-OH is 1. The van der Waals surface area contributed by atoms with Crippen molar-refractivity contribution in [1.82, 2.24) is 0 Å². The van der Waals surface area contributed by atoms with E-state index in [4.69, 9.17) is 11.6 Å². The molecule has 1 N–H and O–H groups in total. The molecule has 2 atom stereocenters. The number of hydrogen-bond acceptors (Lipinski definition) is 1. The smallest absolute Gasteiger partial charge is 0.0793 e. The number of aliphatic hydroxyl groups is 1. The molecule has 3 rings (SSSR count). The first-order valence-electron chi connectivity index (χ1n) is 6.70. The Morgan fingerprint density at radius 2 is 1.79 bits per heavy atom. The van der Waals surface area contributed by atoms with Crippen molar-refractivity contribution < 1.29 is 5.11 Å². The van der Waals surface area contributed by atoms with Crippen molar-refractivity contribution in [2.24, 2.45) is 0 Å². The third-order valence-electron chi connectivity index (χ3n) is 4.04. The van der Waals surface area contributed by atoms with Gasteiger partial charge in [-0.2, -0.15) is 0 Å². The number of hydrogen-bond donors (Lipinski definition) is 1. The van der Waals surface area contributed by atoms with Gasteiger partial charge in [0.2, 0.25) is 0 Å². The molecule has 2 aromatic rings. The average molecular weight is 273 g/mol. The second-order valence-corrected chi connectivity index (χ2v) is 5.69. The van der Waals surface area contributed by atoms with E-state index in [1.807, 2.05) is 31.2 Å². The van der Waals surface area contributed by atoms with Crippen LogP contribution in [0.25, 0.3) is 0 Å². The van der Waals surface area contributed by atoms with Crippen molar-refractivity contribution >= 4 is 11.6 Å². The summed E-state index contributed by atoms with van der Waals surface area (Å²) in [7, 11) is 0. The zero-order chi connectivity index (χ0) is 13.4. The van der Waals surface area contributed by atoms with Gasteiger partial charge < -0.3 is 5.11 Å². The third kappa shape index (κ3) is 2.29. The minimum Gasteiger partial charge on any atom is -0.388 e. The molecule has 0 aromatic heterocycles. The predicted molar refractivity (Wildman–Crippen MR) is 78.7 cm³/mol. The molecule has 1 aliphatic carbocycles. The lowest BCUT2D eigenvalue weighted by atomic mass is 9.77. The fraction of sp³-hybridized carbons (Fsp3) is 0.294. The van der Waals surface area contributed by atoms with Gasteiger partial charge in [0.1, 0.15) is 0 Å². The molecule has 0 saturated heterocycles. The molecular weight excluding hydrogens is 256 g/mol. The van der Waals surface area contributed by atoms with Crippen molar-refractivity contribution in [3.8, 4) is 0 Å². The largest absolute Gasteiger partial charge is 0.388 e. The van der Waals surface area contributed by atoms with Crippen LogP contribution in [0, 0.1) is 6.92 Å². The van der Waals surface area contributed by atoms with Gasteiger partial charge in [-0.15, -0.1) is 0 Å². The first kappa shape index (κ1) is 12.7. The Hall–Kier alpha value is -1.31. The number of benzene rings is 2. The number of fused-ring (bicyclic) bond motifs is 1. The highest BCUT2D eigenvalue weighted by Gasteiger charge is 2.26. The van der Waals surface area contributed by atoms with E-state index >= 15 is 0 Å². The maximum Gasteiger partial charge on any atom is 0.0793 e. The second-order valence-electron chi connectivity index (χ2n) is 5.28. The monoisotopic (exact) mass is 272 g/mol. The molecule has 2 heteroatoms. The van der Waals surface area contributed by atoms with Gasteiger partial charge in [0.05, 0.1) is 6.10 Å². The normalized spacial score (nSPS) is 22.1. The molecule has 0 fully saturated rings. The van der Waals surface area contributed by atoms with Crippen LogP contribution in [0.1, 0.15) is 47.1 Å². The molecular formula is C17H17ClO. The summed E-state index contributed by atoms with van der Waals surface area (Å²) in [6.45, 7) is 2.04. The first-order valence-corrected chi connectivity index (χ1v) is 7.07. The summed E-state index contributed by atoms with van der Waals surface area (Å²) in [5.41, 5.74) is 4.73. The molecule has 1 nitrogen and oxygen atoms in total. The molecule has 0 spiro atoms. The highest BCUT2D eigenvalue weighted by molar-refractivity contribution is 6.31. The maximum absolute atomic E-state index is 10.1. The van der Waals surface area contributed by atoms with Crippen LogP contribution < -0.4 is 0 Å². The van der Waals surface area contributed by atoms with Crippen LogP contribution >= 0.6 is 11.6 Å². The summed E-state index contributed by atoms with van der Waals surface area (Å²) in [6.07, 6.45) is 1.49. The molecule has 0 bridgehead atoms. The number of rotatable bonds is 1. The van der Waals surface area contributed by atoms with E-state index in [2.05, 4.69) is 18.2 Å².